The number of amides is 3. The third kappa shape index (κ3) is 9.31. The summed E-state index contributed by atoms with van der Waals surface area (Å²) < 4.78 is 30.4. The van der Waals surface area contributed by atoms with E-state index < -0.39 is 33.7 Å². The van der Waals surface area contributed by atoms with Crippen LogP contribution < -0.4 is 4.72 Å². The summed E-state index contributed by atoms with van der Waals surface area (Å²) in [6, 6.07) is 23.8. The Kier molecular flexibility index (Phi) is 13.4. The van der Waals surface area contributed by atoms with E-state index in [9.17, 15) is 37.8 Å². The number of sulfonamides is 1. The molecule has 15 heteroatoms. The van der Waals surface area contributed by atoms with Crippen molar-refractivity contribution in [3.05, 3.63) is 124 Å². The van der Waals surface area contributed by atoms with E-state index in [0.29, 0.717) is 43.6 Å². The van der Waals surface area contributed by atoms with Crippen LogP contribution in [0.3, 0.4) is 0 Å². The van der Waals surface area contributed by atoms with Crippen molar-refractivity contribution < 1.29 is 37.8 Å². The molecule has 3 amide bonds. The summed E-state index contributed by atoms with van der Waals surface area (Å²) in [5.74, 6) is -2.71. The third-order valence-corrected chi connectivity index (χ3v) is 12.2. The average Bonchev–Trinajstić information content (AvgIpc) is 3.54. The molecule has 0 atom stereocenters. The molecule has 0 fully saturated rings. The lowest BCUT2D eigenvalue weighted by molar-refractivity contribution is -0.120. The number of fused-ring (bicyclic) bond motifs is 2. The first-order valence-corrected chi connectivity index (χ1v) is 21.1. The summed E-state index contributed by atoms with van der Waals surface area (Å²) in [7, 11) is -4.32. The SMILES string of the molecule is CCCCN(CCC(=O)CC(CO)CO)C(=O)c1nn(-c2ccc(C(=O)NS(=O)(=O)c3ccc4ccccc4c3)cc2C(=O)N2CCc3ccccc3C2)c(C)c1Cl. The number of ketones is 1. The number of aliphatic hydroxyl groups excluding tert-OH is 2. The highest BCUT2D eigenvalue weighted by molar-refractivity contribution is 7.90. The molecule has 1 aliphatic rings. The van der Waals surface area contributed by atoms with Gasteiger partial charge >= 0.3 is 0 Å². The Hall–Kier alpha value is -5.41. The standard InChI is InChI=1S/C43H46ClN5O8S/c1-3-4-19-47(21-18-35(52)22-29(26-50)27-51)43(55)40-39(44)28(2)49(45-40)38-16-14-33(24-37(38)42(54)48-20-17-31-10-6-8-12-34(31)25-48)41(53)46-58(56,57)36-15-13-30-9-5-7-11-32(30)23-36/h5-16,23-24,29,50-51H,3-4,17-22,25-27H2,1-2H3,(H,46,53). The van der Waals surface area contributed by atoms with E-state index in [4.69, 9.17) is 11.6 Å². The highest BCUT2D eigenvalue weighted by atomic mass is 35.5. The number of hydrogen-bond acceptors (Lipinski definition) is 9. The monoisotopic (exact) mass is 827 g/mol. The maximum atomic E-state index is 14.5. The van der Waals surface area contributed by atoms with E-state index in [1.165, 1.54) is 39.9 Å². The molecule has 0 saturated carbocycles. The predicted molar refractivity (Wildman–Crippen MR) is 220 cm³/mol. The lowest BCUT2D eigenvalue weighted by Gasteiger charge is -2.29. The Morgan fingerprint density at radius 1 is 0.914 bits per heavy atom. The van der Waals surface area contributed by atoms with Crippen LogP contribution in [0.4, 0.5) is 0 Å². The molecular weight excluding hydrogens is 782 g/mol. The van der Waals surface area contributed by atoms with E-state index in [1.807, 2.05) is 43.3 Å². The number of carbonyl (C=O) groups is 4. The van der Waals surface area contributed by atoms with Crippen molar-refractivity contribution in [2.24, 2.45) is 5.92 Å². The molecule has 4 aromatic carbocycles. The van der Waals surface area contributed by atoms with Gasteiger partial charge in [0, 0.05) is 63.7 Å². The van der Waals surface area contributed by atoms with Crippen LogP contribution in [0.1, 0.15) is 80.6 Å². The van der Waals surface area contributed by atoms with Gasteiger partial charge < -0.3 is 20.0 Å². The highest BCUT2D eigenvalue weighted by Crippen LogP contribution is 2.29. The lowest BCUT2D eigenvalue weighted by Crippen LogP contribution is -2.37. The van der Waals surface area contributed by atoms with Gasteiger partial charge in [-0.25, -0.2) is 17.8 Å². The zero-order chi connectivity index (χ0) is 41.6. The number of aliphatic hydroxyl groups is 2. The quantitative estimate of drug-likeness (QED) is 0.116. The van der Waals surface area contributed by atoms with Crippen LogP contribution in [-0.2, 0) is 27.8 Å². The van der Waals surface area contributed by atoms with Gasteiger partial charge in [-0.3, -0.25) is 19.2 Å². The number of halogens is 1. The fourth-order valence-electron chi connectivity index (χ4n) is 6.99. The molecule has 3 N–H and O–H groups in total. The number of aromatic nitrogens is 2. The number of Topliss-reactive ketones (excluding diaryl/α,β-unsaturated/α-hetero) is 1. The second kappa shape index (κ2) is 18.5. The molecule has 304 valence electrons. The molecule has 0 bridgehead atoms. The zero-order valence-electron chi connectivity index (χ0n) is 32.4. The van der Waals surface area contributed by atoms with Crippen molar-refractivity contribution in [3.8, 4) is 5.69 Å². The van der Waals surface area contributed by atoms with Gasteiger partial charge in [0.25, 0.3) is 27.7 Å². The minimum absolute atomic E-state index is 0.000980. The zero-order valence-corrected chi connectivity index (χ0v) is 33.9. The minimum atomic E-state index is -4.32. The molecule has 0 unspecified atom stereocenters. The largest absolute Gasteiger partial charge is 0.396 e. The Labute approximate surface area is 342 Å². The van der Waals surface area contributed by atoms with Crippen LogP contribution in [0, 0.1) is 12.8 Å². The van der Waals surface area contributed by atoms with Crippen molar-refractivity contribution in [2.45, 2.75) is 57.4 Å². The van der Waals surface area contributed by atoms with E-state index in [2.05, 4.69) is 9.82 Å². The predicted octanol–water partition coefficient (Wildman–Crippen LogP) is 5.50. The normalized spacial score (nSPS) is 12.8. The van der Waals surface area contributed by atoms with E-state index >= 15 is 0 Å². The summed E-state index contributed by atoms with van der Waals surface area (Å²) in [4.78, 5) is 58.0. The van der Waals surface area contributed by atoms with Crippen molar-refractivity contribution in [3.63, 3.8) is 0 Å². The summed E-state index contributed by atoms with van der Waals surface area (Å²) in [5.41, 5.74) is 2.48. The van der Waals surface area contributed by atoms with Crippen LogP contribution in [-0.4, -0.2) is 94.6 Å². The van der Waals surface area contributed by atoms with E-state index in [1.54, 1.807) is 30.0 Å². The molecule has 1 aliphatic heterocycles. The fraction of sp³-hybridized carbons (Fsp3) is 0.326. The average molecular weight is 828 g/mol. The number of hydrogen-bond donors (Lipinski definition) is 3. The smallest absolute Gasteiger partial charge is 0.275 e. The van der Waals surface area contributed by atoms with Crippen LogP contribution in [0.5, 0.6) is 0 Å². The Morgan fingerprint density at radius 3 is 2.34 bits per heavy atom. The molecule has 0 spiro atoms. The lowest BCUT2D eigenvalue weighted by atomic mass is 9.98. The van der Waals surface area contributed by atoms with Crippen molar-refractivity contribution in [1.82, 2.24) is 24.3 Å². The van der Waals surface area contributed by atoms with Gasteiger partial charge in [-0.15, -0.1) is 0 Å². The second-order valence-electron chi connectivity index (χ2n) is 14.5. The van der Waals surface area contributed by atoms with Gasteiger partial charge in [-0.05, 0) is 72.0 Å². The van der Waals surface area contributed by atoms with Gasteiger partial charge in [0.05, 0.1) is 26.9 Å². The first-order chi connectivity index (χ1) is 27.8. The molecule has 1 aromatic heterocycles. The number of rotatable bonds is 16. The first-order valence-electron chi connectivity index (χ1n) is 19.2. The molecule has 0 saturated heterocycles. The van der Waals surface area contributed by atoms with Crippen molar-refractivity contribution in [1.29, 1.82) is 0 Å². The van der Waals surface area contributed by atoms with Gasteiger partial charge in [-0.2, -0.15) is 5.10 Å². The third-order valence-electron chi connectivity index (χ3n) is 10.4. The van der Waals surface area contributed by atoms with Crippen LogP contribution >= 0.6 is 11.6 Å². The summed E-state index contributed by atoms with van der Waals surface area (Å²) in [6.07, 6.45) is 1.99. The molecule has 5 aromatic rings. The molecule has 58 heavy (non-hydrogen) atoms. The molecule has 0 radical (unpaired) electrons. The first kappa shape index (κ1) is 42.2. The molecule has 2 heterocycles. The topological polar surface area (TPSA) is 179 Å². The Bertz CT molecular complexity index is 2460. The second-order valence-corrected chi connectivity index (χ2v) is 16.5. The Balaban J connectivity index is 1.34. The molecule has 13 nitrogen and oxygen atoms in total. The van der Waals surface area contributed by atoms with E-state index in [-0.39, 0.29) is 70.8 Å². The van der Waals surface area contributed by atoms with Gasteiger partial charge in [0.1, 0.15) is 5.78 Å². The summed E-state index contributed by atoms with van der Waals surface area (Å²) >= 11 is 6.81. The van der Waals surface area contributed by atoms with Crippen LogP contribution in [0.15, 0.2) is 89.8 Å². The number of nitrogens with zero attached hydrogens (tertiary/aromatic N) is 4. The number of nitrogens with one attached hydrogen (secondary N) is 1. The van der Waals surface area contributed by atoms with Crippen molar-refractivity contribution in [2.75, 3.05) is 32.8 Å². The molecule has 0 aliphatic carbocycles. The minimum Gasteiger partial charge on any atom is -0.396 e. The van der Waals surface area contributed by atoms with Gasteiger partial charge in [0.15, 0.2) is 5.69 Å². The Morgan fingerprint density at radius 2 is 1.62 bits per heavy atom. The fourth-order valence-corrected chi connectivity index (χ4v) is 8.19. The number of carbonyl (C=O) groups excluding carboxylic acids is 4. The summed E-state index contributed by atoms with van der Waals surface area (Å²) in [6.45, 7) is 4.00. The van der Waals surface area contributed by atoms with Crippen LogP contribution in [0.2, 0.25) is 5.02 Å². The molecular formula is C43H46ClN5O8S. The number of benzene rings is 4. The van der Waals surface area contributed by atoms with Gasteiger partial charge in [0.2, 0.25) is 0 Å². The highest BCUT2D eigenvalue weighted by Gasteiger charge is 2.30. The van der Waals surface area contributed by atoms with Gasteiger partial charge in [-0.1, -0.05) is 79.5 Å². The van der Waals surface area contributed by atoms with E-state index in [0.717, 1.165) is 22.9 Å². The maximum Gasteiger partial charge on any atom is 0.275 e. The molecule has 6 rings (SSSR count). The van der Waals surface area contributed by atoms with Crippen molar-refractivity contribution >= 4 is 55.9 Å². The number of unbranched alkanes of at least 4 members (excludes halogenated alkanes) is 1. The maximum absolute atomic E-state index is 14.5. The summed E-state index contributed by atoms with van der Waals surface area (Å²) in [5, 5.41) is 25.0. The van der Waals surface area contributed by atoms with Crippen LogP contribution in [0.25, 0.3) is 16.5 Å².